The molecule has 4 heterocycles. The minimum Gasteiger partial charge on any atom is -0.465 e. The van der Waals surface area contributed by atoms with E-state index in [1.54, 1.807) is 6.20 Å². The summed E-state index contributed by atoms with van der Waals surface area (Å²) in [5, 5.41) is 12.3. The van der Waals surface area contributed by atoms with E-state index in [0.717, 1.165) is 49.7 Å². The van der Waals surface area contributed by atoms with Gasteiger partial charge in [-0.05, 0) is 62.7 Å². The summed E-state index contributed by atoms with van der Waals surface area (Å²) in [6.07, 6.45) is 8.12. The van der Waals surface area contributed by atoms with Crippen molar-refractivity contribution in [3.05, 3.63) is 46.9 Å². The monoisotopic (exact) mass is 502 g/mol. The first-order valence-electron chi connectivity index (χ1n) is 12.7. The number of Topliss-reactive ketones (excluding diaryl/α,β-unsaturated/α-hetero) is 1. The van der Waals surface area contributed by atoms with Crippen LogP contribution in [0.5, 0.6) is 0 Å². The van der Waals surface area contributed by atoms with Crippen molar-refractivity contribution in [2.75, 3.05) is 23.3 Å². The molecular weight excluding hydrogens is 472 g/mol. The minimum atomic E-state index is -0.869. The van der Waals surface area contributed by atoms with E-state index in [1.807, 2.05) is 36.1 Å². The molecule has 1 amide bonds. The number of pyridine rings is 1. The van der Waals surface area contributed by atoms with Gasteiger partial charge in [-0.2, -0.15) is 4.98 Å². The van der Waals surface area contributed by atoms with Crippen LogP contribution in [0.15, 0.2) is 35.8 Å². The lowest BCUT2D eigenvalue weighted by Gasteiger charge is -2.36. The van der Waals surface area contributed by atoms with E-state index < -0.39 is 6.09 Å². The molecule has 0 spiro atoms. The Hall–Kier alpha value is -4.04. The minimum absolute atomic E-state index is 0.0744. The number of hydrogen-bond donors (Lipinski definition) is 2. The van der Waals surface area contributed by atoms with Gasteiger partial charge < -0.3 is 20.2 Å². The zero-order valence-corrected chi connectivity index (χ0v) is 21.0. The molecule has 192 valence electrons. The lowest BCUT2D eigenvalue weighted by atomic mass is 9.91. The number of carboxylic acid groups (broad SMARTS) is 1. The van der Waals surface area contributed by atoms with Crippen LogP contribution in [-0.2, 0) is 9.59 Å². The molecule has 2 aromatic heterocycles. The van der Waals surface area contributed by atoms with Crippen molar-refractivity contribution < 1.29 is 19.5 Å². The number of carbonyl (C=O) groups excluding carboxylic acids is 2. The molecule has 2 aromatic rings. The van der Waals surface area contributed by atoms with Crippen LogP contribution in [0.2, 0.25) is 0 Å². The molecule has 1 saturated heterocycles. The molecule has 37 heavy (non-hydrogen) atoms. The Balaban J connectivity index is 1.40. The molecule has 0 aromatic carbocycles. The summed E-state index contributed by atoms with van der Waals surface area (Å²) in [6, 6.07) is 3.94. The SMILES string of the molecule is CC(=O)C1=C(C)c2cnc(Nc3ccc(C4CCN(C(=O)O)CC4)cn3)nc2N(C2CCCC2)C1=C=O. The Morgan fingerprint density at radius 2 is 1.81 bits per heavy atom. The number of nitrogens with zero attached hydrogens (tertiary/aromatic N) is 5. The number of hydrogen-bond acceptors (Lipinski definition) is 8. The number of piperidine rings is 1. The van der Waals surface area contributed by atoms with Crippen LogP contribution in [-0.4, -0.2) is 61.9 Å². The Bertz CT molecular complexity index is 1300. The third kappa shape index (κ3) is 4.72. The summed E-state index contributed by atoms with van der Waals surface area (Å²) in [6.45, 7) is 4.33. The smallest absolute Gasteiger partial charge is 0.407 e. The molecule has 5 rings (SSSR count). The summed E-state index contributed by atoms with van der Waals surface area (Å²) in [7, 11) is 0. The molecule has 2 aliphatic heterocycles. The van der Waals surface area contributed by atoms with Crippen LogP contribution < -0.4 is 10.2 Å². The van der Waals surface area contributed by atoms with E-state index in [1.165, 1.54) is 11.8 Å². The first-order valence-corrected chi connectivity index (χ1v) is 12.7. The first-order chi connectivity index (χ1) is 17.9. The number of nitrogens with one attached hydrogen (secondary N) is 1. The molecule has 10 heteroatoms. The molecule has 1 aliphatic carbocycles. The number of amides is 1. The molecule has 3 aliphatic rings. The third-order valence-electron chi connectivity index (χ3n) is 7.66. The molecule has 2 N–H and O–H groups in total. The first kappa shape index (κ1) is 24.6. The highest BCUT2D eigenvalue weighted by molar-refractivity contribution is 6.10. The fourth-order valence-corrected chi connectivity index (χ4v) is 5.71. The highest BCUT2D eigenvalue weighted by Gasteiger charge is 2.37. The van der Waals surface area contributed by atoms with Crippen LogP contribution in [0.3, 0.4) is 0 Å². The predicted octanol–water partition coefficient (Wildman–Crippen LogP) is 4.31. The van der Waals surface area contributed by atoms with Gasteiger partial charge in [-0.3, -0.25) is 4.79 Å². The fraction of sp³-hybridized carbons (Fsp3) is 0.444. The van der Waals surface area contributed by atoms with E-state index in [-0.39, 0.29) is 23.4 Å². The predicted molar refractivity (Wildman–Crippen MR) is 138 cm³/mol. The molecule has 0 unspecified atom stereocenters. The highest BCUT2D eigenvalue weighted by Crippen LogP contribution is 2.42. The van der Waals surface area contributed by atoms with Crippen LogP contribution in [0, 0.1) is 0 Å². The van der Waals surface area contributed by atoms with Gasteiger partial charge in [-0.25, -0.2) is 19.6 Å². The van der Waals surface area contributed by atoms with Crippen LogP contribution in [0.1, 0.15) is 69.4 Å². The summed E-state index contributed by atoms with van der Waals surface area (Å²) in [4.78, 5) is 52.8. The van der Waals surface area contributed by atoms with Gasteiger partial charge in [0.2, 0.25) is 5.95 Å². The quantitative estimate of drug-likeness (QED) is 0.575. The molecule has 10 nitrogen and oxygen atoms in total. The fourth-order valence-electron chi connectivity index (χ4n) is 5.71. The lowest BCUT2D eigenvalue weighted by molar-refractivity contribution is -0.113. The summed E-state index contributed by atoms with van der Waals surface area (Å²) >= 11 is 0. The molecule has 0 bridgehead atoms. The number of allylic oxidation sites excluding steroid dienone is 2. The maximum atomic E-state index is 12.5. The average molecular weight is 503 g/mol. The maximum absolute atomic E-state index is 12.5. The molecule has 2 fully saturated rings. The second-order valence-electron chi connectivity index (χ2n) is 9.89. The molecule has 0 radical (unpaired) electrons. The van der Waals surface area contributed by atoms with Crippen molar-refractivity contribution in [1.82, 2.24) is 19.9 Å². The number of aromatic nitrogens is 3. The number of rotatable bonds is 5. The van der Waals surface area contributed by atoms with E-state index in [4.69, 9.17) is 10.1 Å². The second kappa shape index (κ2) is 10.1. The van der Waals surface area contributed by atoms with Gasteiger partial charge in [0.15, 0.2) is 11.7 Å². The van der Waals surface area contributed by atoms with Crippen LogP contribution in [0.4, 0.5) is 22.4 Å². The number of ketones is 1. The Kier molecular flexibility index (Phi) is 6.76. The Morgan fingerprint density at radius 1 is 1.08 bits per heavy atom. The van der Waals surface area contributed by atoms with Crippen molar-refractivity contribution in [3.8, 4) is 0 Å². The van der Waals surface area contributed by atoms with Gasteiger partial charge in [-0.15, -0.1) is 0 Å². The normalized spacial score (nSPS) is 18.6. The Morgan fingerprint density at radius 3 is 2.41 bits per heavy atom. The molecule has 0 atom stereocenters. The zero-order chi connectivity index (χ0) is 26.1. The number of anilines is 3. The van der Waals surface area contributed by atoms with Crippen molar-refractivity contribution in [2.45, 2.75) is 64.3 Å². The summed E-state index contributed by atoms with van der Waals surface area (Å²) < 4.78 is 0. The molecular formula is C27H30N6O4. The largest absolute Gasteiger partial charge is 0.465 e. The van der Waals surface area contributed by atoms with Gasteiger partial charge in [0.05, 0.1) is 5.57 Å². The van der Waals surface area contributed by atoms with Gasteiger partial charge in [0, 0.05) is 37.1 Å². The maximum Gasteiger partial charge on any atom is 0.407 e. The van der Waals surface area contributed by atoms with Gasteiger partial charge in [-0.1, -0.05) is 18.9 Å². The van der Waals surface area contributed by atoms with Crippen molar-refractivity contribution >= 4 is 41.0 Å². The van der Waals surface area contributed by atoms with Gasteiger partial charge >= 0.3 is 6.09 Å². The van der Waals surface area contributed by atoms with Crippen LogP contribution >= 0.6 is 0 Å². The summed E-state index contributed by atoms with van der Waals surface area (Å²) in [5.41, 5.74) is 3.12. The van der Waals surface area contributed by atoms with Crippen molar-refractivity contribution in [1.29, 1.82) is 0 Å². The molecule has 1 saturated carbocycles. The summed E-state index contributed by atoms with van der Waals surface area (Å²) in [5.74, 6) is 3.67. The van der Waals surface area contributed by atoms with E-state index in [9.17, 15) is 14.4 Å². The van der Waals surface area contributed by atoms with E-state index in [0.29, 0.717) is 41.8 Å². The van der Waals surface area contributed by atoms with Crippen molar-refractivity contribution in [2.24, 2.45) is 0 Å². The van der Waals surface area contributed by atoms with Crippen molar-refractivity contribution in [3.63, 3.8) is 0 Å². The average Bonchev–Trinajstić information content (AvgIpc) is 3.43. The van der Waals surface area contributed by atoms with Crippen LogP contribution in [0.25, 0.3) is 5.57 Å². The van der Waals surface area contributed by atoms with Gasteiger partial charge in [0.1, 0.15) is 17.3 Å². The number of carbonyl (C=O) groups is 2. The standard InChI is InChI=1S/C27H30N6O4/c1-16-21-14-29-26(30-23-8-7-19(13-28-23)18-9-11-32(12-10-18)27(36)37)31-25(21)33(20-5-3-4-6-20)22(15-34)24(16)17(2)35/h7-8,13-14,18,20H,3-6,9-12H2,1-2H3,(H,36,37)(H,28,29,30,31). The number of likely N-dealkylation sites (tertiary alicyclic amines) is 1. The topological polar surface area (TPSA) is 129 Å². The van der Waals surface area contributed by atoms with E-state index in [2.05, 4.69) is 15.3 Å². The second-order valence-corrected chi connectivity index (χ2v) is 9.89. The Labute approximate surface area is 215 Å². The lowest BCUT2D eigenvalue weighted by Crippen LogP contribution is -2.38. The van der Waals surface area contributed by atoms with E-state index >= 15 is 0 Å². The third-order valence-corrected chi connectivity index (χ3v) is 7.66. The zero-order valence-electron chi connectivity index (χ0n) is 21.0. The highest BCUT2D eigenvalue weighted by atomic mass is 16.4. The number of fused-ring (bicyclic) bond motifs is 1. The van der Waals surface area contributed by atoms with Gasteiger partial charge in [0.25, 0.3) is 0 Å².